The van der Waals surface area contributed by atoms with Crippen LogP contribution in [0.1, 0.15) is 25.0 Å². The highest BCUT2D eigenvalue weighted by Crippen LogP contribution is 2.59. The lowest BCUT2D eigenvalue weighted by Gasteiger charge is -2.53. The number of amidine groups is 1. The van der Waals surface area contributed by atoms with Gasteiger partial charge in [0.2, 0.25) is 0 Å². The van der Waals surface area contributed by atoms with E-state index in [-0.39, 0.29) is 11.4 Å². The summed E-state index contributed by atoms with van der Waals surface area (Å²) in [6.07, 6.45) is 2.94. The van der Waals surface area contributed by atoms with Gasteiger partial charge in [0, 0.05) is 29.0 Å². The first-order chi connectivity index (χ1) is 15.5. The first-order valence-electron chi connectivity index (χ1n) is 9.92. The molecule has 4 rings (SSSR count). The predicted octanol–water partition coefficient (Wildman–Crippen LogP) is 4.45. The van der Waals surface area contributed by atoms with E-state index >= 15 is 0 Å². The molecule has 0 unspecified atom stereocenters. The third kappa shape index (κ3) is 3.76. The largest absolute Gasteiger partial charge is 0.386 e. The van der Waals surface area contributed by atoms with E-state index < -0.39 is 39.1 Å². The number of nitriles is 1. The Morgan fingerprint density at radius 2 is 2.00 bits per heavy atom. The standard InChI is InChI=1S/C22H22F2N6O2S/c1-21(2)20(26)30-22(11-23,12-33(21,31)32)16-8-15(3-4-17(16)24)29-19-18-14(5-6-27-19)7-13(9-25)10-28-18/h3-8,10,31-32H,11-12H2,1-2H3,(H2,26,30)(H,27,29)/t22-/m1/s1. The van der Waals surface area contributed by atoms with Crippen LogP contribution in [0.5, 0.6) is 0 Å². The smallest absolute Gasteiger partial charge is 0.156 e. The van der Waals surface area contributed by atoms with Crippen molar-refractivity contribution in [1.29, 1.82) is 5.26 Å². The van der Waals surface area contributed by atoms with Crippen molar-refractivity contribution in [3.8, 4) is 6.07 Å². The Bertz CT molecular complexity index is 1320. The number of anilines is 2. The lowest BCUT2D eigenvalue weighted by molar-refractivity contribution is 0.312. The average molecular weight is 473 g/mol. The molecule has 0 spiro atoms. The van der Waals surface area contributed by atoms with E-state index in [2.05, 4.69) is 20.3 Å². The van der Waals surface area contributed by atoms with Crippen molar-refractivity contribution in [1.82, 2.24) is 9.97 Å². The number of nitrogens with zero attached hydrogens (tertiary/aromatic N) is 4. The highest BCUT2D eigenvalue weighted by atomic mass is 32.3. The molecule has 0 radical (unpaired) electrons. The number of nitrogens with two attached hydrogens (primary N) is 1. The summed E-state index contributed by atoms with van der Waals surface area (Å²) in [6, 6.07) is 9.31. The minimum absolute atomic E-state index is 0.155. The van der Waals surface area contributed by atoms with Gasteiger partial charge in [0.05, 0.1) is 11.3 Å². The van der Waals surface area contributed by atoms with E-state index in [4.69, 9.17) is 11.0 Å². The molecule has 0 fully saturated rings. The molecule has 0 aliphatic carbocycles. The molecule has 5 N–H and O–H groups in total. The van der Waals surface area contributed by atoms with Crippen LogP contribution in [0.15, 0.2) is 47.7 Å². The summed E-state index contributed by atoms with van der Waals surface area (Å²) in [6.45, 7) is 1.84. The maximum Gasteiger partial charge on any atom is 0.156 e. The summed E-state index contributed by atoms with van der Waals surface area (Å²) in [5, 5.41) is 12.8. The zero-order valence-electron chi connectivity index (χ0n) is 17.9. The van der Waals surface area contributed by atoms with Crippen LogP contribution >= 0.6 is 10.6 Å². The van der Waals surface area contributed by atoms with Crippen molar-refractivity contribution in [2.24, 2.45) is 10.7 Å². The minimum atomic E-state index is -3.43. The predicted molar refractivity (Wildman–Crippen MR) is 125 cm³/mol. The lowest BCUT2D eigenvalue weighted by Crippen LogP contribution is -2.53. The molecule has 1 aliphatic rings. The van der Waals surface area contributed by atoms with Gasteiger partial charge in [-0.05, 0) is 44.2 Å². The van der Waals surface area contributed by atoms with Gasteiger partial charge in [0.15, 0.2) is 5.82 Å². The van der Waals surface area contributed by atoms with Gasteiger partial charge >= 0.3 is 0 Å². The number of hydrogen-bond acceptors (Lipinski definition) is 8. The molecular weight excluding hydrogens is 450 g/mol. The van der Waals surface area contributed by atoms with Crippen molar-refractivity contribution < 1.29 is 17.9 Å². The van der Waals surface area contributed by atoms with Gasteiger partial charge in [-0.15, -0.1) is 0 Å². The fourth-order valence-corrected chi connectivity index (χ4v) is 5.37. The van der Waals surface area contributed by atoms with Crippen molar-refractivity contribution in [2.75, 3.05) is 17.7 Å². The number of hydrogen-bond donors (Lipinski definition) is 4. The topological polar surface area (TPSA) is 140 Å². The number of nitrogens with one attached hydrogen (secondary N) is 1. The molecule has 11 heteroatoms. The van der Waals surface area contributed by atoms with Crippen LogP contribution in [0.25, 0.3) is 10.9 Å². The second-order valence-corrected chi connectivity index (χ2v) is 11.0. The summed E-state index contributed by atoms with van der Waals surface area (Å²) in [5.74, 6) is -1.07. The van der Waals surface area contributed by atoms with Gasteiger partial charge < -0.3 is 11.1 Å². The van der Waals surface area contributed by atoms with Crippen LogP contribution in [0, 0.1) is 17.1 Å². The molecule has 8 nitrogen and oxygen atoms in total. The number of aliphatic imine (C=N–C) groups is 1. The Morgan fingerprint density at radius 3 is 2.67 bits per heavy atom. The van der Waals surface area contributed by atoms with E-state index in [1.165, 1.54) is 38.4 Å². The maximum absolute atomic E-state index is 14.9. The third-order valence-electron chi connectivity index (χ3n) is 5.89. The number of aromatic nitrogens is 2. The van der Waals surface area contributed by atoms with Crippen LogP contribution in [0.3, 0.4) is 0 Å². The highest BCUT2D eigenvalue weighted by Gasteiger charge is 2.51. The SMILES string of the molecule is CC1(C)C(N)=N[C@@](CF)(c2cc(Nc3nccc4cc(C#N)cnc34)ccc2F)CS1(O)O. The molecule has 0 saturated carbocycles. The van der Waals surface area contributed by atoms with Crippen molar-refractivity contribution >= 4 is 38.8 Å². The molecule has 0 amide bonds. The minimum Gasteiger partial charge on any atom is -0.386 e. The Hall–Kier alpha value is -3.33. The lowest BCUT2D eigenvalue weighted by atomic mass is 9.92. The van der Waals surface area contributed by atoms with Crippen LogP contribution < -0.4 is 11.1 Å². The van der Waals surface area contributed by atoms with Gasteiger partial charge in [-0.3, -0.25) is 19.1 Å². The molecule has 1 aromatic carbocycles. The van der Waals surface area contributed by atoms with Crippen LogP contribution in [0.2, 0.25) is 0 Å². The summed E-state index contributed by atoms with van der Waals surface area (Å²) < 4.78 is 49.4. The second-order valence-electron chi connectivity index (χ2n) is 8.37. The first-order valence-corrected chi connectivity index (χ1v) is 11.6. The van der Waals surface area contributed by atoms with E-state index in [9.17, 15) is 17.9 Å². The molecule has 33 heavy (non-hydrogen) atoms. The van der Waals surface area contributed by atoms with E-state index in [0.717, 1.165) is 6.07 Å². The normalized spacial score (nSPS) is 22.3. The van der Waals surface area contributed by atoms with E-state index in [1.807, 2.05) is 6.07 Å². The molecule has 3 heterocycles. The quantitative estimate of drug-likeness (QED) is 0.440. The second kappa shape index (κ2) is 7.91. The number of rotatable bonds is 4. The fraction of sp³-hybridized carbons (Fsp3) is 0.273. The third-order valence-corrected chi connectivity index (χ3v) is 8.61. The van der Waals surface area contributed by atoms with Crippen molar-refractivity contribution in [2.45, 2.75) is 24.1 Å². The molecule has 1 aliphatic heterocycles. The molecule has 172 valence electrons. The van der Waals surface area contributed by atoms with Crippen molar-refractivity contribution in [3.05, 3.63) is 59.7 Å². The Morgan fingerprint density at radius 1 is 1.24 bits per heavy atom. The summed E-state index contributed by atoms with van der Waals surface area (Å²) >= 11 is 0. The van der Waals surface area contributed by atoms with Gasteiger partial charge in [0.25, 0.3) is 0 Å². The van der Waals surface area contributed by atoms with Crippen LogP contribution in [-0.2, 0) is 5.54 Å². The number of benzene rings is 1. The Labute approximate surface area is 190 Å². The van der Waals surface area contributed by atoms with E-state index in [0.29, 0.717) is 28.0 Å². The van der Waals surface area contributed by atoms with Gasteiger partial charge in [-0.25, -0.2) is 13.8 Å². The molecule has 3 aromatic rings. The maximum atomic E-state index is 14.9. The summed E-state index contributed by atoms with van der Waals surface area (Å²) in [7, 11) is -3.43. The van der Waals surface area contributed by atoms with Gasteiger partial charge in [-0.1, -0.05) is 0 Å². The van der Waals surface area contributed by atoms with E-state index in [1.54, 1.807) is 12.1 Å². The van der Waals surface area contributed by atoms with Crippen LogP contribution in [-0.4, -0.2) is 42.1 Å². The number of fused-ring (bicyclic) bond motifs is 1. The zero-order chi connectivity index (χ0) is 24.0. The molecule has 0 saturated heterocycles. The highest BCUT2D eigenvalue weighted by molar-refractivity contribution is 8.26. The monoisotopic (exact) mass is 472 g/mol. The molecule has 2 aromatic heterocycles. The molecule has 0 bridgehead atoms. The Kier molecular flexibility index (Phi) is 5.48. The Balaban J connectivity index is 1.79. The number of alkyl halides is 1. The fourth-order valence-electron chi connectivity index (χ4n) is 3.67. The summed E-state index contributed by atoms with van der Waals surface area (Å²) in [4.78, 5) is 12.8. The number of halogens is 2. The average Bonchev–Trinajstić information content (AvgIpc) is 2.78. The molecule has 1 atom stereocenters. The zero-order valence-corrected chi connectivity index (χ0v) is 18.7. The van der Waals surface area contributed by atoms with Gasteiger partial charge in [0.1, 0.15) is 40.2 Å². The first kappa shape index (κ1) is 22.8. The van der Waals surface area contributed by atoms with Crippen molar-refractivity contribution in [3.63, 3.8) is 0 Å². The molecular formula is C22H22F2N6O2S. The van der Waals surface area contributed by atoms with Gasteiger partial charge in [-0.2, -0.15) is 15.9 Å². The number of pyridine rings is 2. The van der Waals surface area contributed by atoms with Crippen LogP contribution in [0.4, 0.5) is 20.3 Å². The summed E-state index contributed by atoms with van der Waals surface area (Å²) in [5.41, 5.74) is 5.18.